The first kappa shape index (κ1) is 12.3. The molecule has 1 N–H and O–H groups in total. The van der Waals surface area contributed by atoms with Crippen molar-refractivity contribution in [1.29, 1.82) is 0 Å². The van der Waals surface area contributed by atoms with Gasteiger partial charge < -0.3 is 5.32 Å². The van der Waals surface area contributed by atoms with Crippen LogP contribution in [0.5, 0.6) is 0 Å². The summed E-state index contributed by atoms with van der Waals surface area (Å²) in [4.78, 5) is 11.8. The number of rotatable bonds is 3. The van der Waals surface area contributed by atoms with Crippen molar-refractivity contribution in [3.63, 3.8) is 0 Å². The molecule has 0 unspecified atom stereocenters. The van der Waals surface area contributed by atoms with E-state index in [0.717, 1.165) is 0 Å². The predicted octanol–water partition coefficient (Wildman–Crippen LogP) is 2.86. The average molecular weight is 247 g/mol. The van der Waals surface area contributed by atoms with Crippen molar-refractivity contribution in [3.05, 3.63) is 47.9 Å². The highest BCUT2D eigenvalue weighted by Gasteiger charge is 2.08. The summed E-state index contributed by atoms with van der Waals surface area (Å²) >= 11 is 0. The Labute approximate surface area is 104 Å². The maximum Gasteiger partial charge on any atom is 0.256 e. The van der Waals surface area contributed by atoms with Gasteiger partial charge >= 0.3 is 0 Å². The lowest BCUT2D eigenvalue weighted by Gasteiger charge is -2.04. The molecule has 2 rings (SSSR count). The Morgan fingerprint density at radius 2 is 1.94 bits per heavy atom. The summed E-state index contributed by atoms with van der Waals surface area (Å²) in [6, 6.07) is 7.33. The molecule has 4 nitrogen and oxygen atoms in total. The number of aromatic nitrogens is 2. The van der Waals surface area contributed by atoms with E-state index in [2.05, 4.69) is 10.4 Å². The summed E-state index contributed by atoms with van der Waals surface area (Å²) in [7, 11) is 0. The number of carbonyl (C=O) groups excluding carboxylic acids is 1. The number of carbonyl (C=O) groups is 1. The third kappa shape index (κ3) is 2.74. The van der Waals surface area contributed by atoms with E-state index < -0.39 is 0 Å². The lowest BCUT2D eigenvalue weighted by atomic mass is 10.2. The molecule has 0 spiro atoms. The molecule has 1 aromatic carbocycles. The average Bonchev–Trinajstić information content (AvgIpc) is 2.78. The van der Waals surface area contributed by atoms with Gasteiger partial charge in [0.1, 0.15) is 5.82 Å². The van der Waals surface area contributed by atoms with Crippen LogP contribution < -0.4 is 5.32 Å². The second kappa shape index (κ2) is 5.00. The summed E-state index contributed by atoms with van der Waals surface area (Å²) in [5.41, 5.74) is 0.399. The zero-order valence-electron chi connectivity index (χ0n) is 10.2. The van der Waals surface area contributed by atoms with E-state index in [-0.39, 0.29) is 17.8 Å². The van der Waals surface area contributed by atoms with Crippen LogP contribution in [-0.2, 0) is 0 Å². The zero-order chi connectivity index (χ0) is 13.1. The fourth-order valence-corrected chi connectivity index (χ4v) is 1.48. The molecule has 0 aliphatic heterocycles. The molecule has 1 heterocycles. The van der Waals surface area contributed by atoms with Crippen LogP contribution in [0.4, 0.5) is 10.2 Å². The van der Waals surface area contributed by atoms with E-state index in [4.69, 9.17) is 0 Å². The fourth-order valence-electron chi connectivity index (χ4n) is 1.48. The number of hydrogen-bond donors (Lipinski definition) is 1. The van der Waals surface area contributed by atoms with Crippen LogP contribution in [0, 0.1) is 5.82 Å². The van der Waals surface area contributed by atoms with Crippen LogP contribution in [-0.4, -0.2) is 15.7 Å². The highest BCUT2D eigenvalue weighted by atomic mass is 19.1. The zero-order valence-corrected chi connectivity index (χ0v) is 10.2. The van der Waals surface area contributed by atoms with Crippen molar-refractivity contribution in [3.8, 4) is 0 Å². The van der Waals surface area contributed by atoms with Crippen molar-refractivity contribution in [2.75, 3.05) is 5.32 Å². The van der Waals surface area contributed by atoms with Crippen molar-refractivity contribution in [1.82, 2.24) is 9.78 Å². The number of nitrogens with one attached hydrogen (secondary N) is 1. The Bertz CT molecular complexity index is 546. The molecule has 0 saturated heterocycles. The molecule has 0 radical (unpaired) electrons. The molecule has 1 aromatic heterocycles. The Morgan fingerprint density at radius 3 is 2.50 bits per heavy atom. The van der Waals surface area contributed by atoms with E-state index >= 15 is 0 Å². The number of anilines is 1. The van der Waals surface area contributed by atoms with Crippen molar-refractivity contribution >= 4 is 11.7 Å². The van der Waals surface area contributed by atoms with Gasteiger partial charge in [-0.05, 0) is 38.1 Å². The first-order chi connectivity index (χ1) is 8.56. The van der Waals surface area contributed by atoms with Gasteiger partial charge in [0.25, 0.3) is 5.91 Å². The normalized spacial score (nSPS) is 10.7. The molecule has 94 valence electrons. The molecule has 18 heavy (non-hydrogen) atoms. The summed E-state index contributed by atoms with van der Waals surface area (Å²) < 4.78 is 14.5. The number of amides is 1. The highest BCUT2D eigenvalue weighted by Crippen LogP contribution is 2.10. The Hall–Kier alpha value is -2.17. The van der Waals surface area contributed by atoms with Gasteiger partial charge in [0.05, 0.1) is 0 Å². The first-order valence-corrected chi connectivity index (χ1v) is 5.68. The SMILES string of the molecule is CC(C)n1ccc(NC(=O)c2ccc(F)cc2)n1. The molecule has 0 bridgehead atoms. The van der Waals surface area contributed by atoms with Gasteiger partial charge in [-0.15, -0.1) is 0 Å². The minimum absolute atomic E-state index is 0.237. The molecular formula is C13H14FN3O. The van der Waals surface area contributed by atoms with Crippen molar-refractivity contribution in [2.45, 2.75) is 19.9 Å². The lowest BCUT2D eigenvalue weighted by molar-refractivity contribution is 0.102. The molecule has 1 amide bonds. The predicted molar refractivity (Wildman–Crippen MR) is 67.0 cm³/mol. The summed E-state index contributed by atoms with van der Waals surface area (Å²) in [5.74, 6) is -0.183. The Morgan fingerprint density at radius 1 is 1.28 bits per heavy atom. The summed E-state index contributed by atoms with van der Waals surface area (Å²) in [5, 5.41) is 6.86. The van der Waals surface area contributed by atoms with Gasteiger partial charge in [-0.1, -0.05) is 0 Å². The van der Waals surface area contributed by atoms with Gasteiger partial charge in [0.2, 0.25) is 0 Å². The Balaban J connectivity index is 2.08. The van der Waals surface area contributed by atoms with Crippen LogP contribution >= 0.6 is 0 Å². The van der Waals surface area contributed by atoms with Gasteiger partial charge in [-0.25, -0.2) is 4.39 Å². The van der Waals surface area contributed by atoms with Gasteiger partial charge in [-0.2, -0.15) is 5.10 Å². The second-order valence-corrected chi connectivity index (χ2v) is 4.24. The number of hydrogen-bond acceptors (Lipinski definition) is 2. The van der Waals surface area contributed by atoms with Crippen LogP contribution in [0.25, 0.3) is 0 Å². The molecule has 5 heteroatoms. The van der Waals surface area contributed by atoms with Gasteiger partial charge in [0, 0.05) is 23.9 Å². The molecule has 0 fully saturated rings. The van der Waals surface area contributed by atoms with Gasteiger partial charge in [-0.3, -0.25) is 9.48 Å². The fraction of sp³-hybridized carbons (Fsp3) is 0.231. The number of nitrogens with zero attached hydrogens (tertiary/aromatic N) is 2. The monoisotopic (exact) mass is 247 g/mol. The van der Waals surface area contributed by atoms with E-state index in [1.165, 1.54) is 24.3 Å². The van der Waals surface area contributed by atoms with Crippen LogP contribution in [0.2, 0.25) is 0 Å². The smallest absolute Gasteiger partial charge is 0.256 e. The van der Waals surface area contributed by atoms with Crippen LogP contribution in [0.1, 0.15) is 30.2 Å². The van der Waals surface area contributed by atoms with Gasteiger partial charge in [0.15, 0.2) is 5.82 Å². The molecular weight excluding hydrogens is 233 g/mol. The third-order valence-electron chi connectivity index (χ3n) is 2.49. The maximum absolute atomic E-state index is 12.7. The minimum Gasteiger partial charge on any atom is -0.305 e. The highest BCUT2D eigenvalue weighted by molar-refractivity contribution is 6.03. The summed E-state index contributed by atoms with van der Waals surface area (Å²) in [6.07, 6.45) is 1.80. The molecule has 0 atom stereocenters. The lowest BCUT2D eigenvalue weighted by Crippen LogP contribution is -2.13. The number of halogens is 1. The molecule has 0 aliphatic rings. The maximum atomic E-state index is 12.7. The standard InChI is InChI=1S/C13H14FN3O/c1-9(2)17-8-7-12(16-17)15-13(18)10-3-5-11(14)6-4-10/h3-9H,1-2H3,(H,15,16,18). The number of benzene rings is 1. The third-order valence-corrected chi connectivity index (χ3v) is 2.49. The molecule has 0 saturated carbocycles. The van der Waals surface area contributed by atoms with Crippen LogP contribution in [0.3, 0.4) is 0 Å². The van der Waals surface area contributed by atoms with Crippen molar-refractivity contribution in [2.24, 2.45) is 0 Å². The van der Waals surface area contributed by atoms with E-state index in [1.54, 1.807) is 16.9 Å². The molecule has 2 aromatic rings. The van der Waals surface area contributed by atoms with E-state index in [0.29, 0.717) is 11.4 Å². The first-order valence-electron chi connectivity index (χ1n) is 5.68. The molecule has 0 aliphatic carbocycles. The topological polar surface area (TPSA) is 46.9 Å². The minimum atomic E-state index is -0.365. The second-order valence-electron chi connectivity index (χ2n) is 4.24. The van der Waals surface area contributed by atoms with E-state index in [9.17, 15) is 9.18 Å². The quantitative estimate of drug-likeness (QED) is 0.906. The summed E-state index contributed by atoms with van der Waals surface area (Å²) in [6.45, 7) is 4.00. The largest absolute Gasteiger partial charge is 0.305 e. The van der Waals surface area contributed by atoms with Crippen LogP contribution in [0.15, 0.2) is 36.5 Å². The Kier molecular flexibility index (Phi) is 3.41. The van der Waals surface area contributed by atoms with Crippen molar-refractivity contribution < 1.29 is 9.18 Å². The van der Waals surface area contributed by atoms with E-state index in [1.807, 2.05) is 13.8 Å².